The number of carbonyl (C=O) groups is 1. The highest BCUT2D eigenvalue weighted by molar-refractivity contribution is 5.68. The Morgan fingerprint density at radius 3 is 2.36 bits per heavy atom. The number of rotatable bonds is 2. The van der Waals surface area contributed by atoms with Crippen LogP contribution in [0.25, 0.3) is 11.4 Å². The summed E-state index contributed by atoms with van der Waals surface area (Å²) in [6, 6.07) is 3.81. The van der Waals surface area contributed by atoms with Crippen molar-refractivity contribution < 1.29 is 9.53 Å². The molecule has 2 aromatic rings. The average molecular weight is 385 g/mol. The number of nitrogens with one attached hydrogen (secondary N) is 1. The fraction of sp³-hybridized carbons (Fsp3) is 0.500. The van der Waals surface area contributed by atoms with Crippen molar-refractivity contribution in [2.45, 2.75) is 40.2 Å². The van der Waals surface area contributed by atoms with E-state index in [2.05, 4.69) is 19.9 Å². The number of nitrogens with zero attached hydrogens (tertiary/aromatic N) is 4. The molecule has 1 aliphatic rings. The van der Waals surface area contributed by atoms with Gasteiger partial charge in [0.2, 0.25) is 0 Å². The molecule has 3 heterocycles. The lowest BCUT2D eigenvalue weighted by Crippen LogP contribution is -2.50. The first kappa shape index (κ1) is 19.9. The van der Waals surface area contributed by atoms with Gasteiger partial charge in [0.05, 0.1) is 0 Å². The SMILES string of the molecule is Cc1nc(-c2ccc(N3CCN(C(=O)OC(C)(C)C)CC3)nc2)[nH]c(=O)c1C. The van der Waals surface area contributed by atoms with Gasteiger partial charge in [0.1, 0.15) is 17.2 Å². The van der Waals surface area contributed by atoms with Crippen molar-refractivity contribution in [2.24, 2.45) is 0 Å². The van der Waals surface area contributed by atoms with Crippen LogP contribution in [0, 0.1) is 13.8 Å². The van der Waals surface area contributed by atoms with Crippen LogP contribution >= 0.6 is 0 Å². The van der Waals surface area contributed by atoms with Gasteiger partial charge in [0.15, 0.2) is 0 Å². The van der Waals surface area contributed by atoms with Crippen LogP contribution in [-0.2, 0) is 4.74 Å². The third-order valence-electron chi connectivity index (χ3n) is 4.67. The quantitative estimate of drug-likeness (QED) is 0.854. The van der Waals surface area contributed by atoms with Crippen LogP contribution in [0.2, 0.25) is 0 Å². The fourth-order valence-electron chi connectivity index (χ4n) is 2.94. The van der Waals surface area contributed by atoms with Crippen LogP contribution in [0.1, 0.15) is 32.0 Å². The molecule has 8 heteroatoms. The van der Waals surface area contributed by atoms with Crippen molar-refractivity contribution in [2.75, 3.05) is 31.1 Å². The third-order valence-corrected chi connectivity index (χ3v) is 4.67. The molecule has 0 unspecified atom stereocenters. The number of piperazine rings is 1. The van der Waals surface area contributed by atoms with E-state index in [-0.39, 0.29) is 11.7 Å². The molecule has 0 atom stereocenters. The minimum absolute atomic E-state index is 0.134. The average Bonchev–Trinajstić information content (AvgIpc) is 2.64. The zero-order valence-corrected chi connectivity index (χ0v) is 17.1. The van der Waals surface area contributed by atoms with Crippen LogP contribution < -0.4 is 10.5 Å². The molecule has 0 spiro atoms. The van der Waals surface area contributed by atoms with E-state index in [4.69, 9.17) is 4.74 Å². The van der Waals surface area contributed by atoms with Crippen LogP contribution in [0.5, 0.6) is 0 Å². The van der Waals surface area contributed by atoms with Crippen molar-refractivity contribution in [3.05, 3.63) is 39.9 Å². The molecular formula is C20H27N5O3. The summed E-state index contributed by atoms with van der Waals surface area (Å²) in [5.74, 6) is 1.35. The molecule has 1 aliphatic heterocycles. The highest BCUT2D eigenvalue weighted by atomic mass is 16.6. The van der Waals surface area contributed by atoms with E-state index < -0.39 is 5.60 Å². The van der Waals surface area contributed by atoms with E-state index in [1.807, 2.05) is 39.8 Å². The third kappa shape index (κ3) is 4.49. The van der Waals surface area contributed by atoms with E-state index in [9.17, 15) is 9.59 Å². The van der Waals surface area contributed by atoms with Gasteiger partial charge in [-0.25, -0.2) is 14.8 Å². The Morgan fingerprint density at radius 1 is 1.14 bits per heavy atom. The number of aromatic amines is 1. The number of amides is 1. The minimum atomic E-state index is -0.491. The van der Waals surface area contributed by atoms with Gasteiger partial charge >= 0.3 is 6.09 Å². The van der Waals surface area contributed by atoms with Crippen molar-refractivity contribution in [1.82, 2.24) is 19.9 Å². The normalized spacial score (nSPS) is 14.9. The molecule has 0 aromatic carbocycles. The summed E-state index contributed by atoms with van der Waals surface area (Å²) in [6.07, 6.45) is 1.43. The van der Waals surface area contributed by atoms with E-state index >= 15 is 0 Å². The molecule has 8 nitrogen and oxygen atoms in total. The molecule has 0 aliphatic carbocycles. The second-order valence-corrected chi connectivity index (χ2v) is 7.98. The van der Waals surface area contributed by atoms with Crippen LogP contribution in [-0.4, -0.2) is 57.7 Å². The smallest absolute Gasteiger partial charge is 0.410 e. The number of hydrogen-bond acceptors (Lipinski definition) is 6. The number of H-pyrrole nitrogens is 1. The van der Waals surface area contributed by atoms with Crippen LogP contribution in [0.15, 0.2) is 23.1 Å². The number of pyridine rings is 1. The molecule has 1 saturated heterocycles. The van der Waals surface area contributed by atoms with Gasteiger partial charge in [-0.15, -0.1) is 0 Å². The monoisotopic (exact) mass is 385 g/mol. The summed E-state index contributed by atoms with van der Waals surface area (Å²) < 4.78 is 5.43. The molecular weight excluding hydrogens is 358 g/mol. The summed E-state index contributed by atoms with van der Waals surface area (Å²) in [5, 5.41) is 0. The molecule has 28 heavy (non-hydrogen) atoms. The second-order valence-electron chi connectivity index (χ2n) is 7.98. The van der Waals surface area contributed by atoms with E-state index in [1.165, 1.54) is 0 Å². The summed E-state index contributed by atoms with van der Waals surface area (Å²) in [6.45, 7) is 11.7. The Labute approximate surface area is 164 Å². The molecule has 0 saturated carbocycles. The summed E-state index contributed by atoms with van der Waals surface area (Å²) in [5.41, 5.74) is 1.47. The highest BCUT2D eigenvalue weighted by Crippen LogP contribution is 2.20. The van der Waals surface area contributed by atoms with Crippen molar-refractivity contribution in [1.29, 1.82) is 0 Å². The lowest BCUT2D eigenvalue weighted by molar-refractivity contribution is 0.0240. The molecule has 150 valence electrons. The molecule has 1 amide bonds. The summed E-state index contributed by atoms with van der Waals surface area (Å²) >= 11 is 0. The first-order valence-corrected chi connectivity index (χ1v) is 9.41. The first-order chi connectivity index (χ1) is 13.1. The summed E-state index contributed by atoms with van der Waals surface area (Å²) in [7, 11) is 0. The Balaban J connectivity index is 1.65. The molecule has 3 rings (SSSR count). The predicted octanol–water partition coefficient (Wildman–Crippen LogP) is 2.51. The first-order valence-electron chi connectivity index (χ1n) is 9.41. The largest absolute Gasteiger partial charge is 0.444 e. The zero-order valence-electron chi connectivity index (χ0n) is 17.1. The number of aromatic nitrogens is 3. The van der Waals surface area contributed by atoms with E-state index in [1.54, 1.807) is 18.0 Å². The fourth-order valence-corrected chi connectivity index (χ4v) is 2.94. The van der Waals surface area contributed by atoms with Gasteiger partial charge in [-0.3, -0.25) is 4.79 Å². The van der Waals surface area contributed by atoms with Crippen molar-refractivity contribution >= 4 is 11.9 Å². The van der Waals surface area contributed by atoms with E-state index in [0.29, 0.717) is 43.3 Å². The van der Waals surface area contributed by atoms with E-state index in [0.717, 1.165) is 11.4 Å². The number of ether oxygens (including phenoxy) is 1. The molecule has 0 bridgehead atoms. The number of hydrogen-bond donors (Lipinski definition) is 1. The van der Waals surface area contributed by atoms with Crippen molar-refractivity contribution in [3.8, 4) is 11.4 Å². The Bertz CT molecular complexity index is 907. The maximum atomic E-state index is 12.2. The number of anilines is 1. The lowest BCUT2D eigenvalue weighted by atomic mass is 10.2. The summed E-state index contributed by atoms with van der Waals surface area (Å²) in [4.78, 5) is 39.7. The van der Waals surface area contributed by atoms with Gasteiger partial charge in [0, 0.05) is 49.2 Å². The van der Waals surface area contributed by atoms with Gasteiger partial charge in [-0.1, -0.05) is 0 Å². The zero-order chi connectivity index (χ0) is 20.5. The maximum Gasteiger partial charge on any atom is 0.410 e. The Morgan fingerprint density at radius 2 is 1.82 bits per heavy atom. The molecule has 1 fully saturated rings. The van der Waals surface area contributed by atoms with Gasteiger partial charge < -0.3 is 19.5 Å². The Kier molecular flexibility index (Phi) is 5.40. The van der Waals surface area contributed by atoms with Crippen LogP contribution in [0.3, 0.4) is 0 Å². The molecule has 2 aromatic heterocycles. The Hall–Kier alpha value is -2.90. The second kappa shape index (κ2) is 7.61. The topological polar surface area (TPSA) is 91.4 Å². The van der Waals surface area contributed by atoms with Crippen LogP contribution in [0.4, 0.5) is 10.6 Å². The predicted molar refractivity (Wildman–Crippen MR) is 108 cm³/mol. The maximum absolute atomic E-state index is 12.2. The molecule has 1 N–H and O–H groups in total. The molecule has 0 radical (unpaired) electrons. The standard InChI is InChI=1S/C20H27N5O3/c1-13-14(2)22-17(23-18(13)26)15-6-7-16(21-12-15)24-8-10-25(11-9-24)19(27)28-20(3,4)5/h6-7,12H,8-11H2,1-5H3,(H,22,23,26). The number of carbonyl (C=O) groups excluding carboxylic acids is 1. The highest BCUT2D eigenvalue weighted by Gasteiger charge is 2.26. The number of aryl methyl sites for hydroxylation is 1. The lowest BCUT2D eigenvalue weighted by Gasteiger charge is -2.36. The minimum Gasteiger partial charge on any atom is -0.444 e. The van der Waals surface area contributed by atoms with Gasteiger partial charge in [-0.05, 0) is 46.8 Å². The van der Waals surface area contributed by atoms with Crippen molar-refractivity contribution in [3.63, 3.8) is 0 Å². The van der Waals surface area contributed by atoms with Gasteiger partial charge in [0.25, 0.3) is 5.56 Å². The van der Waals surface area contributed by atoms with Gasteiger partial charge in [-0.2, -0.15) is 0 Å².